The summed E-state index contributed by atoms with van der Waals surface area (Å²) in [5.74, 6) is 1.50. The molecule has 0 aromatic heterocycles. The standard InChI is InChI=1S/C15H16N2O3S2/c1-3-7-20-12-6-5-11(8-13(12)19-4-2)9-16-17-14(18)10-22-15(17)21/h3,5-6,8-9H,1,4,7,10H2,2H3/b16-9+. The molecule has 0 atom stereocenters. The zero-order valence-corrected chi connectivity index (χ0v) is 13.8. The fourth-order valence-corrected chi connectivity index (χ4v) is 2.69. The summed E-state index contributed by atoms with van der Waals surface area (Å²) < 4.78 is 11.6. The summed E-state index contributed by atoms with van der Waals surface area (Å²) in [7, 11) is 0. The largest absolute Gasteiger partial charge is 0.490 e. The lowest BCUT2D eigenvalue weighted by Gasteiger charge is -2.11. The molecule has 1 amide bonds. The van der Waals surface area contributed by atoms with E-state index in [0.29, 0.717) is 34.8 Å². The van der Waals surface area contributed by atoms with Gasteiger partial charge in [0.2, 0.25) is 0 Å². The highest BCUT2D eigenvalue weighted by atomic mass is 32.2. The lowest BCUT2D eigenvalue weighted by atomic mass is 10.2. The number of rotatable bonds is 7. The minimum Gasteiger partial charge on any atom is -0.490 e. The van der Waals surface area contributed by atoms with Gasteiger partial charge in [0.1, 0.15) is 6.61 Å². The number of ether oxygens (including phenoxy) is 2. The average molecular weight is 336 g/mol. The Labute approximate surface area is 139 Å². The van der Waals surface area contributed by atoms with Crippen molar-refractivity contribution in [3.63, 3.8) is 0 Å². The van der Waals surface area contributed by atoms with Crippen LogP contribution in [0.25, 0.3) is 0 Å². The lowest BCUT2D eigenvalue weighted by Crippen LogP contribution is -2.22. The fraction of sp³-hybridized carbons (Fsp3) is 0.267. The number of nitrogens with zero attached hydrogens (tertiary/aromatic N) is 2. The molecular formula is C15H16N2O3S2. The van der Waals surface area contributed by atoms with Gasteiger partial charge in [0.25, 0.3) is 5.91 Å². The molecule has 1 fully saturated rings. The molecule has 0 N–H and O–H groups in total. The number of hydrogen-bond acceptors (Lipinski definition) is 6. The van der Waals surface area contributed by atoms with Crippen LogP contribution in [0.1, 0.15) is 12.5 Å². The van der Waals surface area contributed by atoms with Crippen LogP contribution in [0.3, 0.4) is 0 Å². The van der Waals surface area contributed by atoms with Crippen LogP contribution in [0.15, 0.2) is 36.0 Å². The Morgan fingerprint density at radius 2 is 2.27 bits per heavy atom. The summed E-state index contributed by atoms with van der Waals surface area (Å²) in [5, 5.41) is 5.37. The fourth-order valence-electron chi connectivity index (χ4n) is 1.72. The average Bonchev–Trinajstić information content (AvgIpc) is 2.83. The Bertz CT molecular complexity index is 601. The molecule has 1 saturated heterocycles. The zero-order chi connectivity index (χ0) is 15.9. The Kier molecular flexibility index (Phi) is 5.97. The third kappa shape index (κ3) is 4.08. The van der Waals surface area contributed by atoms with Crippen LogP contribution < -0.4 is 9.47 Å². The maximum absolute atomic E-state index is 11.6. The first-order valence-corrected chi connectivity index (χ1v) is 8.09. The summed E-state index contributed by atoms with van der Waals surface area (Å²) in [5.41, 5.74) is 0.793. The van der Waals surface area contributed by atoms with Crippen LogP contribution in [0.5, 0.6) is 11.5 Å². The molecule has 1 aromatic carbocycles. The number of amides is 1. The van der Waals surface area contributed by atoms with E-state index in [9.17, 15) is 4.79 Å². The number of carbonyl (C=O) groups excluding carboxylic acids is 1. The predicted molar refractivity (Wildman–Crippen MR) is 92.8 cm³/mol. The molecular weight excluding hydrogens is 320 g/mol. The van der Waals surface area contributed by atoms with Gasteiger partial charge < -0.3 is 9.47 Å². The van der Waals surface area contributed by atoms with Gasteiger partial charge in [-0.1, -0.05) is 36.6 Å². The predicted octanol–water partition coefficient (Wildman–Crippen LogP) is 2.84. The van der Waals surface area contributed by atoms with Gasteiger partial charge in [-0.3, -0.25) is 4.79 Å². The Balaban J connectivity index is 2.17. The van der Waals surface area contributed by atoms with Crippen LogP contribution in [0.4, 0.5) is 0 Å². The topological polar surface area (TPSA) is 51.1 Å². The summed E-state index contributed by atoms with van der Waals surface area (Å²) in [6.07, 6.45) is 3.25. The number of hydrazone groups is 1. The number of hydrogen-bond donors (Lipinski definition) is 0. The normalized spacial score (nSPS) is 14.7. The van der Waals surface area contributed by atoms with Gasteiger partial charge in [0.05, 0.1) is 18.6 Å². The summed E-state index contributed by atoms with van der Waals surface area (Å²) in [6, 6.07) is 5.44. The van der Waals surface area contributed by atoms with Gasteiger partial charge in [0, 0.05) is 0 Å². The Morgan fingerprint density at radius 3 is 2.91 bits per heavy atom. The van der Waals surface area contributed by atoms with Gasteiger partial charge in [0.15, 0.2) is 15.8 Å². The first-order valence-electron chi connectivity index (χ1n) is 6.70. The summed E-state index contributed by atoms with van der Waals surface area (Å²) >= 11 is 6.38. The first-order chi connectivity index (χ1) is 10.7. The van der Waals surface area contributed by atoms with Crippen molar-refractivity contribution in [1.82, 2.24) is 5.01 Å². The van der Waals surface area contributed by atoms with Crippen molar-refractivity contribution in [2.45, 2.75) is 6.92 Å². The molecule has 2 rings (SSSR count). The van der Waals surface area contributed by atoms with E-state index in [1.807, 2.05) is 19.1 Å². The van der Waals surface area contributed by atoms with Gasteiger partial charge >= 0.3 is 0 Å². The number of thioether (sulfide) groups is 1. The number of benzene rings is 1. The highest BCUT2D eigenvalue weighted by molar-refractivity contribution is 8.23. The van der Waals surface area contributed by atoms with Crippen molar-refractivity contribution in [1.29, 1.82) is 0 Å². The monoisotopic (exact) mass is 336 g/mol. The highest BCUT2D eigenvalue weighted by Gasteiger charge is 2.25. The van der Waals surface area contributed by atoms with Gasteiger partial charge in [-0.05, 0) is 30.7 Å². The lowest BCUT2D eigenvalue weighted by molar-refractivity contribution is -0.123. The van der Waals surface area contributed by atoms with Crippen molar-refractivity contribution in [2.24, 2.45) is 5.10 Å². The van der Waals surface area contributed by atoms with E-state index >= 15 is 0 Å². The third-order valence-electron chi connectivity index (χ3n) is 2.67. The van der Waals surface area contributed by atoms with Crippen molar-refractivity contribution in [3.8, 4) is 11.5 Å². The quantitative estimate of drug-likeness (QED) is 0.435. The van der Waals surface area contributed by atoms with Crippen LogP contribution in [0, 0.1) is 0 Å². The zero-order valence-electron chi connectivity index (χ0n) is 12.2. The molecule has 0 saturated carbocycles. The second-order valence-electron chi connectivity index (χ2n) is 4.24. The maximum atomic E-state index is 11.6. The maximum Gasteiger partial charge on any atom is 0.259 e. The van der Waals surface area contributed by atoms with Crippen LogP contribution >= 0.6 is 24.0 Å². The van der Waals surface area contributed by atoms with Crippen molar-refractivity contribution in [3.05, 3.63) is 36.4 Å². The van der Waals surface area contributed by atoms with Crippen LogP contribution in [-0.2, 0) is 4.79 Å². The summed E-state index contributed by atoms with van der Waals surface area (Å²) in [4.78, 5) is 11.6. The molecule has 1 aromatic rings. The molecule has 0 unspecified atom stereocenters. The molecule has 22 heavy (non-hydrogen) atoms. The van der Waals surface area contributed by atoms with Crippen molar-refractivity contribution in [2.75, 3.05) is 19.0 Å². The Morgan fingerprint density at radius 1 is 1.45 bits per heavy atom. The van der Waals surface area contributed by atoms with Gasteiger partial charge in [-0.25, -0.2) is 0 Å². The van der Waals surface area contributed by atoms with E-state index < -0.39 is 0 Å². The van der Waals surface area contributed by atoms with E-state index in [2.05, 4.69) is 11.7 Å². The van der Waals surface area contributed by atoms with Crippen molar-refractivity contribution < 1.29 is 14.3 Å². The third-order valence-corrected chi connectivity index (χ3v) is 4.01. The van der Waals surface area contributed by atoms with Gasteiger partial charge in [-0.2, -0.15) is 10.1 Å². The molecule has 1 aliphatic heterocycles. The van der Waals surface area contributed by atoms with E-state index in [1.165, 1.54) is 16.8 Å². The van der Waals surface area contributed by atoms with E-state index in [1.54, 1.807) is 18.4 Å². The van der Waals surface area contributed by atoms with Crippen molar-refractivity contribution >= 4 is 40.4 Å². The second kappa shape index (κ2) is 7.95. The minimum absolute atomic E-state index is 0.109. The van der Waals surface area contributed by atoms with E-state index in [0.717, 1.165) is 5.56 Å². The van der Waals surface area contributed by atoms with Gasteiger partial charge in [-0.15, -0.1) is 0 Å². The summed E-state index contributed by atoms with van der Waals surface area (Å²) in [6.45, 7) is 6.45. The molecule has 1 aliphatic rings. The van der Waals surface area contributed by atoms with Crippen LogP contribution in [-0.4, -0.2) is 40.4 Å². The first kappa shape index (κ1) is 16.5. The highest BCUT2D eigenvalue weighted by Crippen LogP contribution is 2.28. The molecule has 0 bridgehead atoms. The smallest absolute Gasteiger partial charge is 0.259 e. The SMILES string of the molecule is C=CCOc1ccc(/C=N/N2C(=O)CSC2=S)cc1OCC. The minimum atomic E-state index is -0.109. The number of carbonyl (C=O) groups is 1. The van der Waals surface area contributed by atoms with E-state index in [4.69, 9.17) is 21.7 Å². The second-order valence-corrected chi connectivity index (χ2v) is 5.85. The number of thiocarbonyl (C=S) groups is 1. The van der Waals surface area contributed by atoms with Crippen LogP contribution in [0.2, 0.25) is 0 Å². The molecule has 7 heteroatoms. The molecule has 5 nitrogen and oxygen atoms in total. The molecule has 0 radical (unpaired) electrons. The molecule has 0 spiro atoms. The van der Waals surface area contributed by atoms with E-state index in [-0.39, 0.29) is 5.91 Å². The Hall–Kier alpha value is -1.86. The molecule has 0 aliphatic carbocycles. The molecule has 1 heterocycles. The molecule has 116 valence electrons.